The Balaban J connectivity index is 0.000000423. The monoisotopic (exact) mass is 620 g/mol. The number of benzene rings is 3. The summed E-state index contributed by atoms with van der Waals surface area (Å²) in [4.78, 5) is 9.29. The fraction of sp³-hybridized carbons (Fsp3) is 0.286. The number of aromatic nitrogens is 2. The first-order valence-corrected chi connectivity index (χ1v) is 10.9. The summed E-state index contributed by atoms with van der Waals surface area (Å²) >= 11 is 0. The van der Waals surface area contributed by atoms with Crippen molar-refractivity contribution in [1.82, 2.24) is 9.97 Å². The standard InChI is InChI=1S/C23H19N2.C5H12O2.Ir/c1-15-16(2)25-23(17(3)24-15)20-13-11-19(12-14-20)22-10-6-8-18-7-4-5-9-21(18)22;1-4(6)3-5(2)7;/h4-13H,1-3H3;4-7H,3H2,1-2H3;/q-1;;. The Morgan fingerprint density at radius 1 is 0.788 bits per heavy atom. The molecule has 0 saturated heterocycles. The molecule has 1 aromatic heterocycles. The zero-order chi connectivity index (χ0) is 23.3. The number of aliphatic hydroxyl groups is 2. The molecule has 3 aromatic carbocycles. The first-order chi connectivity index (χ1) is 15.3. The van der Waals surface area contributed by atoms with Crippen LogP contribution in [0.15, 0.2) is 60.7 Å². The maximum Gasteiger partial charge on any atom is 0.0569 e. The van der Waals surface area contributed by atoms with Crippen LogP contribution in [0, 0.1) is 26.8 Å². The van der Waals surface area contributed by atoms with Crippen molar-refractivity contribution in [3.05, 3.63) is 83.8 Å². The van der Waals surface area contributed by atoms with E-state index in [2.05, 4.69) is 65.6 Å². The average Bonchev–Trinajstić information content (AvgIpc) is 2.75. The molecule has 0 aliphatic rings. The third-order valence-electron chi connectivity index (χ3n) is 5.33. The van der Waals surface area contributed by atoms with Gasteiger partial charge in [0.25, 0.3) is 0 Å². The van der Waals surface area contributed by atoms with Gasteiger partial charge in [-0.3, -0.25) is 9.97 Å². The van der Waals surface area contributed by atoms with Crippen LogP contribution >= 0.6 is 0 Å². The fourth-order valence-electron chi connectivity index (χ4n) is 3.68. The Morgan fingerprint density at radius 2 is 1.42 bits per heavy atom. The van der Waals surface area contributed by atoms with Gasteiger partial charge < -0.3 is 10.2 Å². The maximum absolute atomic E-state index is 8.56. The minimum absolute atomic E-state index is 0. The van der Waals surface area contributed by atoms with E-state index in [1.165, 1.54) is 16.3 Å². The third kappa shape index (κ3) is 7.02. The van der Waals surface area contributed by atoms with Crippen molar-refractivity contribution >= 4 is 10.8 Å². The number of rotatable bonds is 4. The van der Waals surface area contributed by atoms with Crippen molar-refractivity contribution in [3.8, 4) is 22.4 Å². The van der Waals surface area contributed by atoms with Gasteiger partial charge in [0.05, 0.1) is 17.9 Å². The molecule has 0 aliphatic heterocycles. The number of aryl methyl sites for hydroxylation is 3. The van der Waals surface area contributed by atoms with Gasteiger partial charge in [-0.15, -0.1) is 29.8 Å². The predicted molar refractivity (Wildman–Crippen MR) is 131 cm³/mol. The molecule has 1 radical (unpaired) electrons. The van der Waals surface area contributed by atoms with Crippen molar-refractivity contribution in [3.63, 3.8) is 0 Å². The fourth-order valence-corrected chi connectivity index (χ4v) is 3.68. The maximum atomic E-state index is 8.56. The first-order valence-electron chi connectivity index (χ1n) is 10.9. The normalized spacial score (nSPS) is 12.3. The van der Waals surface area contributed by atoms with Gasteiger partial charge in [-0.2, -0.15) is 0 Å². The minimum atomic E-state index is -0.375. The molecule has 0 bridgehead atoms. The third-order valence-corrected chi connectivity index (χ3v) is 5.33. The Hall–Kier alpha value is -2.43. The number of fused-ring (bicyclic) bond motifs is 1. The molecule has 2 N–H and O–H groups in total. The van der Waals surface area contributed by atoms with E-state index in [0.29, 0.717) is 6.42 Å². The van der Waals surface area contributed by atoms with Crippen LogP contribution < -0.4 is 0 Å². The van der Waals surface area contributed by atoms with Crippen LogP contribution in [0.2, 0.25) is 0 Å². The molecule has 0 amide bonds. The van der Waals surface area contributed by atoms with E-state index in [1.807, 2.05) is 26.8 Å². The van der Waals surface area contributed by atoms with Gasteiger partial charge >= 0.3 is 0 Å². The van der Waals surface area contributed by atoms with Crippen molar-refractivity contribution in [2.75, 3.05) is 0 Å². The molecular formula is C28H31IrN2O2-. The predicted octanol–water partition coefficient (Wildman–Crippen LogP) is 5.82. The number of hydrogen-bond donors (Lipinski definition) is 2. The topological polar surface area (TPSA) is 66.2 Å². The van der Waals surface area contributed by atoms with Crippen LogP contribution in [0.25, 0.3) is 33.2 Å². The molecule has 5 heteroatoms. The van der Waals surface area contributed by atoms with Crippen molar-refractivity contribution in [2.45, 2.75) is 53.2 Å². The molecule has 0 spiro atoms. The molecule has 0 fully saturated rings. The Morgan fingerprint density at radius 3 is 2.03 bits per heavy atom. The van der Waals surface area contributed by atoms with E-state index in [4.69, 9.17) is 15.2 Å². The number of nitrogens with zero attached hydrogens (tertiary/aromatic N) is 2. The second-order valence-corrected chi connectivity index (χ2v) is 8.28. The van der Waals surface area contributed by atoms with Crippen molar-refractivity contribution in [1.29, 1.82) is 0 Å². The SMILES string of the molecule is CC(O)CC(C)O.Cc1nc(C)c(-c2[c-]cc(-c3cccc4ccccc34)cc2)nc1C.[Ir]. The van der Waals surface area contributed by atoms with Gasteiger partial charge in [0.1, 0.15) is 0 Å². The van der Waals surface area contributed by atoms with E-state index >= 15 is 0 Å². The van der Waals surface area contributed by atoms with E-state index in [9.17, 15) is 0 Å². The van der Waals surface area contributed by atoms with E-state index in [1.54, 1.807) is 13.8 Å². The second kappa shape index (κ2) is 12.1. The zero-order valence-electron chi connectivity index (χ0n) is 19.8. The largest absolute Gasteiger partial charge is 0.393 e. The molecule has 2 unspecified atom stereocenters. The van der Waals surface area contributed by atoms with Crippen LogP contribution in [0.3, 0.4) is 0 Å². The summed E-state index contributed by atoms with van der Waals surface area (Å²) in [6, 6.07) is 24.5. The molecule has 2 atom stereocenters. The Labute approximate surface area is 210 Å². The molecule has 4 aromatic rings. The number of aliphatic hydroxyl groups excluding tert-OH is 2. The summed E-state index contributed by atoms with van der Waals surface area (Å²) < 4.78 is 0. The molecule has 4 nitrogen and oxygen atoms in total. The van der Waals surface area contributed by atoms with Gasteiger partial charge in [0, 0.05) is 37.2 Å². The zero-order valence-corrected chi connectivity index (χ0v) is 22.2. The van der Waals surface area contributed by atoms with Crippen LogP contribution in [-0.2, 0) is 20.1 Å². The summed E-state index contributed by atoms with van der Waals surface area (Å²) in [6.45, 7) is 9.31. The van der Waals surface area contributed by atoms with E-state index in [0.717, 1.165) is 33.9 Å². The number of hydrogen-bond acceptors (Lipinski definition) is 4. The molecule has 33 heavy (non-hydrogen) atoms. The van der Waals surface area contributed by atoms with Crippen LogP contribution in [0.4, 0.5) is 0 Å². The molecule has 0 saturated carbocycles. The first kappa shape index (κ1) is 26.8. The summed E-state index contributed by atoms with van der Waals surface area (Å²) in [6.07, 6.45) is -0.278. The molecule has 1 heterocycles. The van der Waals surface area contributed by atoms with Crippen molar-refractivity contribution < 1.29 is 30.3 Å². The van der Waals surface area contributed by atoms with E-state index < -0.39 is 0 Å². The average molecular weight is 620 g/mol. The summed E-state index contributed by atoms with van der Waals surface area (Å²) in [5.74, 6) is 0. The Kier molecular flexibility index (Phi) is 9.87. The van der Waals surface area contributed by atoms with Gasteiger partial charge in [0.2, 0.25) is 0 Å². The van der Waals surface area contributed by atoms with Crippen LogP contribution in [-0.4, -0.2) is 32.4 Å². The van der Waals surface area contributed by atoms with Gasteiger partial charge in [-0.1, -0.05) is 53.6 Å². The van der Waals surface area contributed by atoms with Crippen LogP contribution in [0.5, 0.6) is 0 Å². The molecule has 175 valence electrons. The van der Waals surface area contributed by atoms with Gasteiger partial charge in [0.15, 0.2) is 0 Å². The van der Waals surface area contributed by atoms with E-state index in [-0.39, 0.29) is 32.3 Å². The van der Waals surface area contributed by atoms with Crippen LogP contribution in [0.1, 0.15) is 37.4 Å². The summed E-state index contributed by atoms with van der Waals surface area (Å²) in [7, 11) is 0. The molecule has 0 aliphatic carbocycles. The smallest absolute Gasteiger partial charge is 0.0569 e. The second-order valence-electron chi connectivity index (χ2n) is 8.28. The summed E-state index contributed by atoms with van der Waals surface area (Å²) in [5.41, 5.74) is 7.17. The molecular weight excluding hydrogens is 589 g/mol. The minimum Gasteiger partial charge on any atom is -0.393 e. The van der Waals surface area contributed by atoms with Crippen molar-refractivity contribution in [2.24, 2.45) is 0 Å². The van der Waals surface area contributed by atoms with Gasteiger partial charge in [-0.05, 0) is 51.8 Å². The Bertz CT molecular complexity index is 1180. The molecule has 4 rings (SSSR count). The quantitative estimate of drug-likeness (QED) is 0.283. The van der Waals surface area contributed by atoms with Gasteiger partial charge in [-0.25, -0.2) is 0 Å². The summed E-state index contributed by atoms with van der Waals surface area (Å²) in [5, 5.41) is 19.6.